The second-order valence-electron chi connectivity index (χ2n) is 3.30. The van der Waals surface area contributed by atoms with Crippen LogP contribution in [0.25, 0.3) is 0 Å². The average molecular weight is 254 g/mol. The predicted octanol–water partition coefficient (Wildman–Crippen LogP) is 1.03. The minimum absolute atomic E-state index is 0.111. The number of nitrogens with one attached hydrogen (secondary N) is 1. The molecule has 0 bridgehead atoms. The number of anilines is 1. The van der Waals surface area contributed by atoms with Gasteiger partial charge in [0, 0.05) is 12.6 Å². The van der Waals surface area contributed by atoms with Crippen molar-refractivity contribution < 1.29 is 14.6 Å². The molecular formula is C9H10N4O5. The molecule has 1 aromatic rings. The smallest absolute Gasteiger partial charge is 0.300 e. The second-order valence-corrected chi connectivity index (χ2v) is 3.30. The zero-order chi connectivity index (χ0) is 13.9. The first-order chi connectivity index (χ1) is 8.38. The number of nitrogens with two attached hydrogens (primary N) is 1. The molecule has 0 atom stereocenters. The number of nitro groups is 2. The first kappa shape index (κ1) is 13.4. The number of hydrogen-bond donors (Lipinski definition) is 2. The predicted molar refractivity (Wildman–Crippen MR) is 62.4 cm³/mol. The number of hydrogen-bond acceptors (Lipinski definition) is 6. The summed E-state index contributed by atoms with van der Waals surface area (Å²) >= 11 is 0. The molecular weight excluding hydrogens is 244 g/mol. The van der Waals surface area contributed by atoms with Crippen LogP contribution in [-0.2, 0) is 0 Å². The second kappa shape index (κ2) is 5.08. The maximum atomic E-state index is 11.2. The Kier molecular flexibility index (Phi) is 3.77. The van der Waals surface area contributed by atoms with Gasteiger partial charge in [-0.1, -0.05) is 0 Å². The molecule has 1 rings (SSSR count). The van der Waals surface area contributed by atoms with E-state index in [0.717, 1.165) is 12.1 Å². The molecule has 18 heavy (non-hydrogen) atoms. The van der Waals surface area contributed by atoms with Crippen LogP contribution < -0.4 is 11.1 Å². The van der Waals surface area contributed by atoms with Crippen molar-refractivity contribution in [1.29, 1.82) is 0 Å². The molecule has 1 amide bonds. The Labute approximate surface area is 101 Å². The standard InChI is InChI=1S/C9H10N4O5/c1-2-11-8-6(9(10)14)3-5(12(15)16)4-7(8)13(17)18/h3-4,11H,2H2,1H3,(H2,10,14). The molecule has 3 N–H and O–H groups in total. The van der Waals surface area contributed by atoms with Gasteiger partial charge in [0.25, 0.3) is 17.3 Å². The zero-order valence-corrected chi connectivity index (χ0v) is 9.37. The average Bonchev–Trinajstić information content (AvgIpc) is 2.28. The van der Waals surface area contributed by atoms with E-state index in [1.165, 1.54) is 0 Å². The summed E-state index contributed by atoms with van der Waals surface area (Å²) in [5, 5.41) is 24.1. The molecule has 0 aliphatic rings. The number of nitrogens with zero attached hydrogens (tertiary/aromatic N) is 2. The minimum Gasteiger partial charge on any atom is -0.379 e. The first-order valence-electron chi connectivity index (χ1n) is 4.89. The molecule has 0 unspecified atom stereocenters. The SMILES string of the molecule is CCNc1c(C(N)=O)cc([N+](=O)[O-])cc1[N+](=O)[O-]. The number of non-ortho nitro benzene ring substituents is 1. The Hall–Kier alpha value is -2.71. The van der Waals surface area contributed by atoms with Crippen molar-refractivity contribution in [2.75, 3.05) is 11.9 Å². The molecule has 1 aromatic carbocycles. The number of benzene rings is 1. The lowest BCUT2D eigenvalue weighted by Crippen LogP contribution is -2.16. The zero-order valence-electron chi connectivity index (χ0n) is 9.37. The van der Waals surface area contributed by atoms with E-state index in [4.69, 9.17) is 5.73 Å². The van der Waals surface area contributed by atoms with E-state index in [-0.39, 0.29) is 11.3 Å². The third-order valence-corrected chi connectivity index (χ3v) is 2.13. The molecule has 0 heterocycles. The van der Waals surface area contributed by atoms with Crippen LogP contribution in [0, 0.1) is 20.2 Å². The summed E-state index contributed by atoms with van der Waals surface area (Å²) < 4.78 is 0. The first-order valence-corrected chi connectivity index (χ1v) is 4.89. The third-order valence-electron chi connectivity index (χ3n) is 2.13. The van der Waals surface area contributed by atoms with Crippen LogP contribution in [0.15, 0.2) is 12.1 Å². The van der Waals surface area contributed by atoms with Crippen molar-refractivity contribution in [3.05, 3.63) is 37.9 Å². The van der Waals surface area contributed by atoms with Crippen LogP contribution in [0.5, 0.6) is 0 Å². The molecule has 0 aliphatic heterocycles. The lowest BCUT2D eigenvalue weighted by molar-refractivity contribution is -0.393. The Bertz CT molecular complexity index is 493. The maximum absolute atomic E-state index is 11.2. The van der Waals surface area contributed by atoms with Crippen molar-refractivity contribution in [2.24, 2.45) is 5.73 Å². The van der Waals surface area contributed by atoms with Gasteiger partial charge in [0.1, 0.15) is 5.69 Å². The maximum Gasteiger partial charge on any atom is 0.300 e. The highest BCUT2D eigenvalue weighted by molar-refractivity contribution is 6.01. The lowest BCUT2D eigenvalue weighted by Gasteiger charge is -2.08. The summed E-state index contributed by atoms with van der Waals surface area (Å²) in [7, 11) is 0. The summed E-state index contributed by atoms with van der Waals surface area (Å²) in [4.78, 5) is 31.0. The van der Waals surface area contributed by atoms with Gasteiger partial charge in [-0.3, -0.25) is 25.0 Å². The fourth-order valence-corrected chi connectivity index (χ4v) is 1.42. The number of carbonyl (C=O) groups excluding carboxylic acids is 1. The highest BCUT2D eigenvalue weighted by Gasteiger charge is 2.25. The lowest BCUT2D eigenvalue weighted by atomic mass is 10.1. The van der Waals surface area contributed by atoms with Crippen LogP contribution >= 0.6 is 0 Å². The number of rotatable bonds is 5. The van der Waals surface area contributed by atoms with Crippen molar-refractivity contribution in [3.63, 3.8) is 0 Å². The van der Waals surface area contributed by atoms with Gasteiger partial charge in [0.05, 0.1) is 21.5 Å². The molecule has 96 valence electrons. The van der Waals surface area contributed by atoms with Gasteiger partial charge in [-0.15, -0.1) is 0 Å². The van der Waals surface area contributed by atoms with E-state index in [0.29, 0.717) is 6.54 Å². The van der Waals surface area contributed by atoms with Gasteiger partial charge >= 0.3 is 0 Å². The van der Waals surface area contributed by atoms with Crippen molar-refractivity contribution in [2.45, 2.75) is 6.92 Å². The summed E-state index contributed by atoms with van der Waals surface area (Å²) in [6, 6.07) is 1.69. The van der Waals surface area contributed by atoms with Crippen molar-refractivity contribution in [1.82, 2.24) is 0 Å². The van der Waals surface area contributed by atoms with E-state index in [9.17, 15) is 25.0 Å². The summed E-state index contributed by atoms with van der Waals surface area (Å²) in [6.07, 6.45) is 0. The molecule has 0 fully saturated rings. The number of nitro benzene ring substituents is 2. The van der Waals surface area contributed by atoms with Gasteiger partial charge in [0.2, 0.25) is 0 Å². The van der Waals surface area contributed by atoms with Crippen molar-refractivity contribution in [3.8, 4) is 0 Å². The largest absolute Gasteiger partial charge is 0.379 e. The Morgan fingerprint density at radius 3 is 2.33 bits per heavy atom. The summed E-state index contributed by atoms with van der Waals surface area (Å²) in [6.45, 7) is 1.97. The summed E-state index contributed by atoms with van der Waals surface area (Å²) in [5.41, 5.74) is 3.55. The van der Waals surface area contributed by atoms with Crippen LogP contribution in [0.3, 0.4) is 0 Å². The number of carbonyl (C=O) groups is 1. The third kappa shape index (κ3) is 2.51. The topological polar surface area (TPSA) is 141 Å². The molecule has 9 nitrogen and oxygen atoms in total. The fourth-order valence-electron chi connectivity index (χ4n) is 1.42. The Morgan fingerprint density at radius 2 is 1.94 bits per heavy atom. The Balaban J connectivity index is 3.59. The Morgan fingerprint density at radius 1 is 1.33 bits per heavy atom. The minimum atomic E-state index is -0.974. The van der Waals surface area contributed by atoms with Crippen molar-refractivity contribution >= 4 is 23.0 Å². The van der Waals surface area contributed by atoms with Gasteiger partial charge in [-0.25, -0.2) is 0 Å². The van der Waals surface area contributed by atoms with E-state index in [2.05, 4.69) is 5.32 Å². The van der Waals surface area contributed by atoms with E-state index < -0.39 is 27.1 Å². The molecule has 0 saturated carbocycles. The van der Waals surface area contributed by atoms with Crippen LogP contribution in [0.1, 0.15) is 17.3 Å². The van der Waals surface area contributed by atoms with E-state index in [1.54, 1.807) is 6.92 Å². The number of amides is 1. The van der Waals surface area contributed by atoms with Crippen LogP contribution in [-0.4, -0.2) is 22.3 Å². The quantitative estimate of drug-likeness (QED) is 0.593. The van der Waals surface area contributed by atoms with Crippen LogP contribution in [0.2, 0.25) is 0 Å². The van der Waals surface area contributed by atoms with Gasteiger partial charge in [0.15, 0.2) is 0 Å². The number of primary amides is 1. The molecule has 0 aliphatic carbocycles. The fraction of sp³-hybridized carbons (Fsp3) is 0.222. The highest BCUT2D eigenvalue weighted by Crippen LogP contribution is 2.32. The van der Waals surface area contributed by atoms with Gasteiger partial charge in [-0.2, -0.15) is 0 Å². The molecule has 0 spiro atoms. The van der Waals surface area contributed by atoms with Crippen LogP contribution in [0.4, 0.5) is 17.1 Å². The van der Waals surface area contributed by atoms with Gasteiger partial charge in [-0.05, 0) is 6.92 Å². The normalized spacial score (nSPS) is 9.83. The molecule has 0 saturated heterocycles. The highest BCUT2D eigenvalue weighted by atomic mass is 16.6. The monoisotopic (exact) mass is 254 g/mol. The molecule has 0 aromatic heterocycles. The summed E-state index contributed by atoms with van der Waals surface area (Å²) in [5.74, 6) is -0.974. The van der Waals surface area contributed by atoms with Gasteiger partial charge < -0.3 is 11.1 Å². The van der Waals surface area contributed by atoms with E-state index >= 15 is 0 Å². The van der Waals surface area contributed by atoms with E-state index in [1.807, 2.05) is 0 Å². The molecule has 9 heteroatoms. The molecule has 0 radical (unpaired) electrons.